The largest absolute Gasteiger partial charge is 0.272 e. The second kappa shape index (κ2) is 6.42. The first kappa shape index (κ1) is 13.7. The molecule has 0 saturated carbocycles. The summed E-state index contributed by atoms with van der Waals surface area (Å²) in [6.07, 6.45) is 3.13. The van der Waals surface area contributed by atoms with E-state index in [0.29, 0.717) is 5.56 Å². The molecule has 0 radical (unpaired) electrons. The van der Waals surface area contributed by atoms with Gasteiger partial charge in [0.25, 0.3) is 5.91 Å². The monoisotopic (exact) mass is 365 g/mol. The number of hydrazone groups is 1. The van der Waals surface area contributed by atoms with Crippen LogP contribution in [0.1, 0.15) is 22.8 Å². The Kier molecular flexibility index (Phi) is 4.62. The first-order valence-corrected chi connectivity index (χ1v) is 6.75. The number of halogens is 1. The maximum atomic E-state index is 11.8. The van der Waals surface area contributed by atoms with Gasteiger partial charge in [-0.05, 0) is 59.3 Å². The van der Waals surface area contributed by atoms with Crippen molar-refractivity contribution in [3.05, 3.63) is 63.5 Å². The molecule has 0 aliphatic rings. The standard InChI is InChI=1S/C14H12IN3O/c1-10(11-4-2-6-13(15)8-11)17-18-14(19)12-5-3-7-16-9-12/h2-9H,1H3,(H,18,19)/b17-10-. The third-order valence-electron chi connectivity index (χ3n) is 2.49. The topological polar surface area (TPSA) is 54.4 Å². The molecule has 2 aromatic rings. The molecule has 0 aliphatic heterocycles. The van der Waals surface area contributed by atoms with Gasteiger partial charge in [0, 0.05) is 16.0 Å². The van der Waals surface area contributed by atoms with Gasteiger partial charge >= 0.3 is 0 Å². The van der Waals surface area contributed by atoms with Gasteiger partial charge in [-0.1, -0.05) is 12.1 Å². The summed E-state index contributed by atoms with van der Waals surface area (Å²) < 4.78 is 1.13. The molecular formula is C14H12IN3O. The Labute approximate surface area is 125 Å². The predicted octanol–water partition coefficient (Wildman–Crippen LogP) is 2.84. The number of hydrogen-bond acceptors (Lipinski definition) is 3. The van der Waals surface area contributed by atoms with Gasteiger partial charge in [0.1, 0.15) is 0 Å². The molecule has 96 valence electrons. The third-order valence-corrected chi connectivity index (χ3v) is 3.16. The summed E-state index contributed by atoms with van der Waals surface area (Å²) in [5.41, 5.74) is 4.76. The lowest BCUT2D eigenvalue weighted by Crippen LogP contribution is -2.19. The SMILES string of the molecule is C/C(=N/NC(=O)c1cccnc1)c1cccc(I)c1. The number of aromatic nitrogens is 1. The van der Waals surface area contributed by atoms with Gasteiger partial charge < -0.3 is 0 Å². The van der Waals surface area contributed by atoms with Gasteiger partial charge in [-0.15, -0.1) is 0 Å². The lowest BCUT2D eigenvalue weighted by Gasteiger charge is -2.03. The summed E-state index contributed by atoms with van der Waals surface area (Å²) in [6.45, 7) is 1.86. The van der Waals surface area contributed by atoms with Crippen LogP contribution in [0.5, 0.6) is 0 Å². The van der Waals surface area contributed by atoms with Crippen LogP contribution in [0.15, 0.2) is 53.9 Å². The Morgan fingerprint density at radius 3 is 2.74 bits per heavy atom. The van der Waals surface area contributed by atoms with Crippen LogP contribution in [0, 0.1) is 3.57 Å². The summed E-state index contributed by atoms with van der Waals surface area (Å²) in [6, 6.07) is 11.3. The minimum absolute atomic E-state index is 0.266. The number of rotatable bonds is 3. The molecule has 1 aromatic heterocycles. The molecule has 0 atom stereocenters. The fourth-order valence-corrected chi connectivity index (χ4v) is 2.02. The average molecular weight is 365 g/mol. The number of nitrogens with one attached hydrogen (secondary N) is 1. The average Bonchev–Trinajstić information content (AvgIpc) is 2.45. The Hall–Kier alpha value is -1.76. The summed E-state index contributed by atoms with van der Waals surface area (Å²) in [5.74, 6) is -0.266. The van der Waals surface area contributed by atoms with Crippen LogP contribution in [0.3, 0.4) is 0 Å². The summed E-state index contributed by atoms with van der Waals surface area (Å²) in [4.78, 5) is 15.7. The molecule has 1 aromatic carbocycles. The maximum Gasteiger partial charge on any atom is 0.272 e. The molecule has 0 saturated heterocycles. The van der Waals surface area contributed by atoms with Crippen molar-refractivity contribution in [1.29, 1.82) is 0 Å². The number of pyridine rings is 1. The van der Waals surface area contributed by atoms with E-state index in [9.17, 15) is 4.79 Å². The van der Waals surface area contributed by atoms with Crippen LogP contribution in [-0.2, 0) is 0 Å². The van der Waals surface area contributed by atoms with Crippen molar-refractivity contribution in [3.63, 3.8) is 0 Å². The molecule has 0 fully saturated rings. The normalized spacial score (nSPS) is 11.2. The first-order valence-electron chi connectivity index (χ1n) is 5.67. The Bertz CT molecular complexity index is 611. The zero-order valence-corrected chi connectivity index (χ0v) is 12.5. The van der Waals surface area contributed by atoms with Crippen LogP contribution in [0.4, 0.5) is 0 Å². The maximum absolute atomic E-state index is 11.8. The summed E-state index contributed by atoms with van der Waals surface area (Å²) >= 11 is 2.24. The highest BCUT2D eigenvalue weighted by Gasteiger charge is 2.04. The molecule has 19 heavy (non-hydrogen) atoms. The highest BCUT2D eigenvalue weighted by Crippen LogP contribution is 2.08. The first-order chi connectivity index (χ1) is 9.16. The number of nitrogens with zero attached hydrogens (tertiary/aromatic N) is 2. The van der Waals surface area contributed by atoms with Gasteiger partial charge in [-0.3, -0.25) is 9.78 Å². The second-order valence-electron chi connectivity index (χ2n) is 3.89. The Balaban J connectivity index is 2.09. The van der Waals surface area contributed by atoms with Crippen LogP contribution >= 0.6 is 22.6 Å². The molecule has 0 bridgehead atoms. The van der Waals surface area contributed by atoms with Gasteiger partial charge in [0.15, 0.2) is 0 Å². The minimum Gasteiger partial charge on any atom is -0.267 e. The molecule has 1 amide bonds. The molecule has 5 heteroatoms. The number of hydrogen-bond donors (Lipinski definition) is 1. The van der Waals surface area contributed by atoms with Gasteiger partial charge in [0.05, 0.1) is 11.3 Å². The summed E-state index contributed by atoms with van der Waals surface area (Å²) in [7, 11) is 0. The molecule has 4 nitrogen and oxygen atoms in total. The van der Waals surface area contributed by atoms with Gasteiger partial charge in [-0.25, -0.2) is 5.43 Å². The lowest BCUT2D eigenvalue weighted by atomic mass is 10.1. The number of carbonyl (C=O) groups excluding carboxylic acids is 1. The molecule has 2 rings (SSSR count). The summed E-state index contributed by atoms with van der Waals surface area (Å²) in [5, 5.41) is 4.10. The van der Waals surface area contributed by atoms with Crippen molar-refractivity contribution in [3.8, 4) is 0 Å². The van der Waals surface area contributed by atoms with Crippen molar-refractivity contribution < 1.29 is 4.79 Å². The lowest BCUT2D eigenvalue weighted by molar-refractivity contribution is 0.0954. The van der Waals surface area contributed by atoms with E-state index in [-0.39, 0.29) is 5.91 Å². The Morgan fingerprint density at radius 2 is 2.05 bits per heavy atom. The van der Waals surface area contributed by atoms with Crippen LogP contribution in [-0.4, -0.2) is 16.6 Å². The molecule has 0 aliphatic carbocycles. The minimum atomic E-state index is -0.266. The number of amides is 1. The van der Waals surface area contributed by atoms with Crippen molar-refractivity contribution in [2.45, 2.75) is 6.92 Å². The highest BCUT2D eigenvalue weighted by molar-refractivity contribution is 14.1. The van der Waals surface area contributed by atoms with Crippen molar-refractivity contribution >= 4 is 34.2 Å². The number of benzene rings is 1. The van der Waals surface area contributed by atoms with Crippen LogP contribution < -0.4 is 5.43 Å². The molecule has 0 spiro atoms. The van der Waals surface area contributed by atoms with E-state index in [1.165, 1.54) is 6.20 Å². The van der Waals surface area contributed by atoms with Crippen molar-refractivity contribution in [2.24, 2.45) is 5.10 Å². The zero-order valence-electron chi connectivity index (χ0n) is 10.3. The smallest absolute Gasteiger partial charge is 0.267 e. The quantitative estimate of drug-likeness (QED) is 0.517. The van der Waals surface area contributed by atoms with E-state index < -0.39 is 0 Å². The van der Waals surface area contributed by atoms with Crippen molar-refractivity contribution in [1.82, 2.24) is 10.4 Å². The molecular weight excluding hydrogens is 353 g/mol. The van der Waals surface area contributed by atoms with E-state index in [1.54, 1.807) is 18.3 Å². The fraction of sp³-hybridized carbons (Fsp3) is 0.0714. The van der Waals surface area contributed by atoms with Gasteiger partial charge in [0.2, 0.25) is 0 Å². The van der Waals surface area contributed by atoms with E-state index in [4.69, 9.17) is 0 Å². The molecule has 0 unspecified atom stereocenters. The van der Waals surface area contributed by atoms with Crippen LogP contribution in [0.2, 0.25) is 0 Å². The van der Waals surface area contributed by atoms with E-state index in [0.717, 1.165) is 14.8 Å². The van der Waals surface area contributed by atoms with Crippen LogP contribution in [0.25, 0.3) is 0 Å². The fourth-order valence-electron chi connectivity index (χ4n) is 1.47. The van der Waals surface area contributed by atoms with E-state index in [2.05, 4.69) is 38.1 Å². The number of carbonyl (C=O) groups is 1. The second-order valence-corrected chi connectivity index (χ2v) is 5.14. The molecule has 1 N–H and O–H groups in total. The van der Waals surface area contributed by atoms with E-state index >= 15 is 0 Å². The van der Waals surface area contributed by atoms with E-state index in [1.807, 2.05) is 31.2 Å². The zero-order chi connectivity index (χ0) is 13.7. The Morgan fingerprint density at radius 1 is 1.26 bits per heavy atom. The third kappa shape index (κ3) is 3.85. The van der Waals surface area contributed by atoms with Gasteiger partial charge in [-0.2, -0.15) is 5.10 Å². The molecule has 1 heterocycles. The van der Waals surface area contributed by atoms with Crippen molar-refractivity contribution in [2.75, 3.05) is 0 Å². The predicted molar refractivity (Wildman–Crippen MR) is 83.1 cm³/mol. The highest BCUT2D eigenvalue weighted by atomic mass is 127.